The van der Waals surface area contributed by atoms with Crippen LogP contribution < -0.4 is 14.2 Å². The van der Waals surface area contributed by atoms with E-state index in [1.54, 1.807) is 7.11 Å². The van der Waals surface area contributed by atoms with Crippen molar-refractivity contribution in [2.24, 2.45) is 0 Å². The van der Waals surface area contributed by atoms with Gasteiger partial charge in [0, 0.05) is 6.26 Å². The molecule has 0 bridgehead atoms. The molecule has 0 aliphatic rings. The Hall–Kier alpha value is -2.14. The Kier molecular flexibility index (Phi) is 18.0. The highest BCUT2D eigenvalue weighted by Gasteiger charge is 2.10. The molecular formula is C24H39NO3S. The molecule has 0 unspecified atom stereocenters. The minimum atomic E-state index is 0.000114. The fraction of sp³-hybridized carbons (Fsp3) is 0.458. The molecule has 2 rings (SSSR count). The SMILES string of the molecule is CC.CC.CC.COc1ccc(Oc2c(C)cc(CC(=O)NSC)cc2C)cc1. The third-order valence-electron chi connectivity index (χ3n) is 3.38. The van der Waals surface area contributed by atoms with Gasteiger partial charge in [-0.2, -0.15) is 0 Å². The van der Waals surface area contributed by atoms with Crippen molar-refractivity contribution in [2.75, 3.05) is 13.4 Å². The number of carbonyl (C=O) groups excluding carboxylic acids is 1. The van der Waals surface area contributed by atoms with Crippen molar-refractivity contribution in [1.82, 2.24) is 4.72 Å². The van der Waals surface area contributed by atoms with Gasteiger partial charge in [-0.15, -0.1) is 0 Å². The lowest BCUT2D eigenvalue weighted by molar-refractivity contribution is -0.118. The summed E-state index contributed by atoms with van der Waals surface area (Å²) in [5.74, 6) is 2.37. The van der Waals surface area contributed by atoms with Gasteiger partial charge in [0.05, 0.1) is 13.5 Å². The number of amides is 1. The predicted molar refractivity (Wildman–Crippen MR) is 128 cm³/mol. The van der Waals surface area contributed by atoms with Gasteiger partial charge >= 0.3 is 0 Å². The van der Waals surface area contributed by atoms with Crippen molar-refractivity contribution in [3.63, 3.8) is 0 Å². The smallest absolute Gasteiger partial charge is 0.234 e. The summed E-state index contributed by atoms with van der Waals surface area (Å²) in [4.78, 5) is 11.7. The van der Waals surface area contributed by atoms with Crippen molar-refractivity contribution in [2.45, 2.75) is 61.8 Å². The zero-order chi connectivity index (χ0) is 22.8. The van der Waals surface area contributed by atoms with Crippen LogP contribution in [0.2, 0.25) is 0 Å². The summed E-state index contributed by atoms with van der Waals surface area (Å²) in [6.45, 7) is 16.0. The molecule has 2 aromatic rings. The second kappa shape index (κ2) is 17.9. The number of hydrogen-bond acceptors (Lipinski definition) is 4. The standard InChI is InChI=1S/C18H21NO3S.3C2H6/c1-12-9-14(11-17(20)19-23-4)10-13(2)18(12)22-16-7-5-15(21-3)6-8-16;3*1-2/h5-10H,11H2,1-4H3,(H,19,20);3*1-2H3. The van der Waals surface area contributed by atoms with E-state index in [-0.39, 0.29) is 5.91 Å². The predicted octanol–water partition coefficient (Wildman–Crippen LogP) is 7.12. The number of benzene rings is 2. The third-order valence-corrected chi connectivity index (χ3v) is 3.81. The van der Waals surface area contributed by atoms with E-state index in [1.165, 1.54) is 11.9 Å². The lowest BCUT2D eigenvalue weighted by atomic mass is 10.0. The number of nitrogens with one attached hydrogen (secondary N) is 1. The van der Waals surface area contributed by atoms with E-state index in [9.17, 15) is 4.79 Å². The van der Waals surface area contributed by atoms with Gasteiger partial charge in [-0.1, -0.05) is 65.6 Å². The van der Waals surface area contributed by atoms with Crippen LogP contribution in [-0.4, -0.2) is 19.3 Å². The van der Waals surface area contributed by atoms with Crippen LogP contribution in [0.5, 0.6) is 17.2 Å². The van der Waals surface area contributed by atoms with Crippen LogP contribution in [0.4, 0.5) is 0 Å². The molecule has 0 saturated carbocycles. The van der Waals surface area contributed by atoms with E-state index >= 15 is 0 Å². The van der Waals surface area contributed by atoms with Crippen LogP contribution in [0.1, 0.15) is 58.2 Å². The molecule has 0 aromatic heterocycles. The van der Waals surface area contributed by atoms with E-state index < -0.39 is 0 Å². The van der Waals surface area contributed by atoms with Crippen LogP contribution >= 0.6 is 11.9 Å². The average molecular weight is 422 g/mol. The molecule has 0 aliphatic heterocycles. The first-order valence-corrected chi connectivity index (χ1v) is 11.5. The van der Waals surface area contributed by atoms with Crippen molar-refractivity contribution in [1.29, 1.82) is 0 Å². The fourth-order valence-corrected chi connectivity index (χ4v) is 2.70. The first-order valence-electron chi connectivity index (χ1n) is 10.3. The number of aryl methyl sites for hydroxylation is 2. The second-order valence-electron chi connectivity index (χ2n) is 5.24. The van der Waals surface area contributed by atoms with Gasteiger partial charge < -0.3 is 14.2 Å². The Labute approximate surface area is 182 Å². The highest BCUT2D eigenvalue weighted by molar-refractivity contribution is 7.97. The van der Waals surface area contributed by atoms with Crippen LogP contribution in [-0.2, 0) is 11.2 Å². The highest BCUT2D eigenvalue weighted by atomic mass is 32.2. The number of carbonyl (C=O) groups is 1. The second-order valence-corrected chi connectivity index (χ2v) is 5.85. The molecule has 0 aliphatic carbocycles. The maximum atomic E-state index is 11.7. The lowest BCUT2D eigenvalue weighted by Crippen LogP contribution is -2.17. The molecule has 0 spiro atoms. The molecule has 0 fully saturated rings. The summed E-state index contributed by atoms with van der Waals surface area (Å²) in [7, 11) is 1.64. The van der Waals surface area contributed by atoms with Crippen LogP contribution in [0.15, 0.2) is 36.4 Å². The summed E-state index contributed by atoms with van der Waals surface area (Å²) in [5.41, 5.74) is 2.99. The Morgan fingerprint density at radius 3 is 1.76 bits per heavy atom. The van der Waals surface area contributed by atoms with Crippen molar-refractivity contribution in [3.8, 4) is 17.2 Å². The molecule has 0 atom stereocenters. The van der Waals surface area contributed by atoms with E-state index in [0.717, 1.165) is 33.9 Å². The van der Waals surface area contributed by atoms with Gasteiger partial charge in [-0.3, -0.25) is 4.79 Å². The monoisotopic (exact) mass is 421 g/mol. The van der Waals surface area contributed by atoms with Crippen molar-refractivity contribution in [3.05, 3.63) is 53.1 Å². The molecule has 4 nitrogen and oxygen atoms in total. The van der Waals surface area contributed by atoms with Crippen LogP contribution in [0, 0.1) is 13.8 Å². The number of ether oxygens (including phenoxy) is 2. The summed E-state index contributed by atoms with van der Waals surface area (Å²) in [6.07, 6.45) is 2.20. The molecule has 0 radical (unpaired) electrons. The molecule has 164 valence electrons. The quantitative estimate of drug-likeness (QED) is 0.504. The van der Waals surface area contributed by atoms with Crippen molar-refractivity contribution >= 4 is 17.9 Å². The molecule has 0 saturated heterocycles. The Morgan fingerprint density at radius 1 is 0.897 bits per heavy atom. The molecule has 1 N–H and O–H groups in total. The number of hydrogen-bond donors (Lipinski definition) is 1. The zero-order valence-corrected chi connectivity index (χ0v) is 20.6. The zero-order valence-electron chi connectivity index (χ0n) is 19.8. The minimum Gasteiger partial charge on any atom is -0.497 e. The van der Waals surface area contributed by atoms with Gasteiger partial charge in [-0.05, 0) is 54.8 Å². The van der Waals surface area contributed by atoms with Crippen LogP contribution in [0.3, 0.4) is 0 Å². The summed E-state index contributed by atoms with van der Waals surface area (Å²) in [5, 5.41) is 0. The van der Waals surface area contributed by atoms with E-state index in [0.29, 0.717) is 6.42 Å². The van der Waals surface area contributed by atoms with Gasteiger partial charge in [0.15, 0.2) is 0 Å². The van der Waals surface area contributed by atoms with Gasteiger partial charge in [0.2, 0.25) is 5.91 Å². The molecule has 29 heavy (non-hydrogen) atoms. The number of rotatable bonds is 6. The maximum Gasteiger partial charge on any atom is 0.234 e. The minimum absolute atomic E-state index is 0.000114. The summed E-state index contributed by atoms with van der Waals surface area (Å²) >= 11 is 1.31. The normalized spacial score (nSPS) is 8.76. The molecule has 5 heteroatoms. The first kappa shape index (κ1) is 29.1. The Bertz CT molecular complexity index is 662. The van der Waals surface area contributed by atoms with E-state index in [4.69, 9.17) is 9.47 Å². The van der Waals surface area contributed by atoms with Gasteiger partial charge in [0.1, 0.15) is 17.2 Å². The Morgan fingerprint density at radius 2 is 1.34 bits per heavy atom. The molecule has 1 amide bonds. The number of methoxy groups -OCH3 is 1. The Balaban J connectivity index is 0. The third kappa shape index (κ3) is 10.8. The fourth-order valence-electron chi connectivity index (χ4n) is 2.40. The maximum absolute atomic E-state index is 11.7. The van der Waals surface area contributed by atoms with Crippen LogP contribution in [0.25, 0.3) is 0 Å². The molecule has 0 heterocycles. The summed E-state index contributed by atoms with van der Waals surface area (Å²) in [6, 6.07) is 11.5. The highest BCUT2D eigenvalue weighted by Crippen LogP contribution is 2.31. The largest absolute Gasteiger partial charge is 0.497 e. The first-order chi connectivity index (χ1) is 14.0. The lowest BCUT2D eigenvalue weighted by Gasteiger charge is -2.14. The average Bonchev–Trinajstić information content (AvgIpc) is 2.75. The van der Waals surface area contributed by atoms with Crippen molar-refractivity contribution < 1.29 is 14.3 Å². The van der Waals surface area contributed by atoms with E-state index in [1.807, 2.05) is 98.0 Å². The van der Waals surface area contributed by atoms with Gasteiger partial charge in [-0.25, -0.2) is 0 Å². The molecule has 2 aromatic carbocycles. The summed E-state index contributed by atoms with van der Waals surface area (Å²) < 4.78 is 13.9. The molecular weight excluding hydrogens is 382 g/mol. The van der Waals surface area contributed by atoms with Gasteiger partial charge in [0.25, 0.3) is 0 Å². The van der Waals surface area contributed by atoms with E-state index in [2.05, 4.69) is 4.72 Å². The topological polar surface area (TPSA) is 47.6 Å².